The molecular formula is C12H10BrClN2. The Balaban J connectivity index is 2.32. The summed E-state index contributed by atoms with van der Waals surface area (Å²) in [4.78, 5) is 4.06. The van der Waals surface area contributed by atoms with Gasteiger partial charge in [-0.3, -0.25) is 4.57 Å². The maximum Gasteiger partial charge on any atom is 0.0998 e. The maximum absolute atomic E-state index is 5.81. The van der Waals surface area contributed by atoms with Gasteiger partial charge in [-0.15, -0.1) is 11.6 Å². The summed E-state index contributed by atoms with van der Waals surface area (Å²) in [6.07, 6.45) is 5.52. The summed E-state index contributed by atoms with van der Waals surface area (Å²) in [6.45, 7) is 0. The van der Waals surface area contributed by atoms with E-state index < -0.39 is 0 Å². The summed E-state index contributed by atoms with van der Waals surface area (Å²) in [5.74, 6) is 0.442. The van der Waals surface area contributed by atoms with E-state index in [0.717, 1.165) is 15.9 Å². The van der Waals surface area contributed by atoms with Gasteiger partial charge >= 0.3 is 0 Å². The Morgan fingerprint density at radius 3 is 2.81 bits per heavy atom. The molecule has 4 heteroatoms. The number of alkyl halides is 1. The third kappa shape index (κ3) is 2.54. The van der Waals surface area contributed by atoms with E-state index in [1.807, 2.05) is 41.0 Å². The quantitative estimate of drug-likeness (QED) is 0.784. The molecule has 0 fully saturated rings. The lowest BCUT2D eigenvalue weighted by atomic mass is 10.2. The first-order valence-corrected chi connectivity index (χ1v) is 6.14. The second-order valence-electron chi connectivity index (χ2n) is 3.27. The number of rotatable bonds is 3. The number of imidazole rings is 1. The van der Waals surface area contributed by atoms with Gasteiger partial charge in [0.2, 0.25) is 0 Å². The second kappa shape index (κ2) is 5.32. The van der Waals surface area contributed by atoms with Gasteiger partial charge in [-0.25, -0.2) is 4.98 Å². The van der Waals surface area contributed by atoms with Crippen molar-refractivity contribution in [3.63, 3.8) is 0 Å². The van der Waals surface area contributed by atoms with Crippen LogP contribution in [0.25, 0.3) is 10.7 Å². The van der Waals surface area contributed by atoms with Gasteiger partial charge in [0, 0.05) is 6.20 Å². The molecule has 1 aromatic carbocycles. The Hall–Kier alpha value is -1.06. The Morgan fingerprint density at radius 2 is 2.12 bits per heavy atom. The molecule has 0 aliphatic rings. The van der Waals surface area contributed by atoms with Gasteiger partial charge in [0.25, 0.3) is 0 Å². The van der Waals surface area contributed by atoms with Crippen molar-refractivity contribution in [3.05, 3.63) is 54.1 Å². The normalized spacial score (nSPS) is 11.8. The van der Waals surface area contributed by atoms with Gasteiger partial charge in [0.1, 0.15) is 0 Å². The van der Waals surface area contributed by atoms with Crippen LogP contribution in [0.1, 0.15) is 11.3 Å². The number of nitrogens with zero attached hydrogens (tertiary/aromatic N) is 2. The summed E-state index contributed by atoms with van der Waals surface area (Å²) in [6, 6.07) is 10.1. The van der Waals surface area contributed by atoms with E-state index in [4.69, 9.17) is 11.6 Å². The molecule has 0 N–H and O–H groups in total. The van der Waals surface area contributed by atoms with Gasteiger partial charge in [-0.2, -0.15) is 0 Å². The molecule has 16 heavy (non-hydrogen) atoms. The summed E-state index contributed by atoms with van der Waals surface area (Å²) in [7, 11) is 0. The van der Waals surface area contributed by atoms with E-state index in [-0.39, 0.29) is 0 Å². The third-order valence-corrected chi connectivity index (χ3v) is 3.05. The number of hydrogen-bond donors (Lipinski definition) is 0. The maximum atomic E-state index is 5.81. The highest BCUT2D eigenvalue weighted by atomic mass is 79.9. The zero-order chi connectivity index (χ0) is 11.4. The fourth-order valence-electron chi connectivity index (χ4n) is 1.37. The molecule has 1 aromatic heterocycles. The Kier molecular flexibility index (Phi) is 3.80. The van der Waals surface area contributed by atoms with Crippen LogP contribution in [0.15, 0.2) is 42.9 Å². The van der Waals surface area contributed by atoms with Crippen LogP contribution >= 0.6 is 27.5 Å². The highest BCUT2D eigenvalue weighted by Crippen LogP contribution is 2.20. The zero-order valence-corrected chi connectivity index (χ0v) is 10.8. The fourth-order valence-corrected chi connectivity index (χ4v) is 2.15. The molecule has 2 rings (SSSR count). The summed E-state index contributed by atoms with van der Waals surface area (Å²) in [5, 5.41) is 0. The number of benzene rings is 1. The second-order valence-corrected chi connectivity index (χ2v) is 4.35. The molecular weight excluding hydrogens is 288 g/mol. The molecule has 0 saturated carbocycles. The minimum atomic E-state index is 0.442. The first-order chi connectivity index (χ1) is 7.81. The molecule has 0 saturated heterocycles. The molecule has 0 unspecified atom stereocenters. The average molecular weight is 298 g/mol. The smallest absolute Gasteiger partial charge is 0.0998 e. The SMILES string of the molecule is ClCc1cncn1C(Br)=Cc1ccccc1. The van der Waals surface area contributed by atoms with Crippen molar-refractivity contribution < 1.29 is 0 Å². The van der Waals surface area contributed by atoms with Crippen molar-refractivity contribution in [2.45, 2.75) is 5.88 Å². The monoisotopic (exact) mass is 296 g/mol. The minimum Gasteiger partial charge on any atom is -0.296 e. The number of aromatic nitrogens is 2. The van der Waals surface area contributed by atoms with Crippen molar-refractivity contribution in [1.82, 2.24) is 9.55 Å². The molecule has 0 spiro atoms. The van der Waals surface area contributed by atoms with Gasteiger partial charge in [-0.05, 0) is 27.6 Å². The fraction of sp³-hybridized carbons (Fsp3) is 0.0833. The van der Waals surface area contributed by atoms with Gasteiger partial charge < -0.3 is 0 Å². The predicted molar refractivity (Wildman–Crippen MR) is 71.3 cm³/mol. The number of halogens is 2. The van der Waals surface area contributed by atoms with Crippen molar-refractivity contribution in [2.75, 3.05) is 0 Å². The Morgan fingerprint density at radius 1 is 1.38 bits per heavy atom. The van der Waals surface area contributed by atoms with E-state index >= 15 is 0 Å². The highest BCUT2D eigenvalue weighted by Gasteiger charge is 2.02. The Bertz CT molecular complexity index is 491. The van der Waals surface area contributed by atoms with Gasteiger partial charge in [0.15, 0.2) is 0 Å². The van der Waals surface area contributed by atoms with E-state index in [2.05, 4.69) is 20.9 Å². The van der Waals surface area contributed by atoms with Crippen LogP contribution in [0.3, 0.4) is 0 Å². The van der Waals surface area contributed by atoms with Gasteiger partial charge in [0.05, 0.1) is 22.5 Å². The Labute approximate surface area is 108 Å². The first-order valence-electron chi connectivity index (χ1n) is 4.81. The summed E-state index contributed by atoms with van der Waals surface area (Å²) in [5.41, 5.74) is 2.09. The molecule has 0 amide bonds. The third-order valence-electron chi connectivity index (χ3n) is 2.17. The first kappa shape index (κ1) is 11.4. The van der Waals surface area contributed by atoms with Crippen LogP contribution in [-0.2, 0) is 5.88 Å². The van der Waals surface area contributed by atoms with Crippen LogP contribution in [-0.4, -0.2) is 9.55 Å². The molecule has 0 aliphatic heterocycles. The molecule has 0 bridgehead atoms. The van der Waals surface area contributed by atoms with Crippen molar-refractivity contribution in [3.8, 4) is 0 Å². The average Bonchev–Trinajstić information content (AvgIpc) is 2.78. The molecule has 2 nitrogen and oxygen atoms in total. The van der Waals surface area contributed by atoms with Crippen molar-refractivity contribution in [2.24, 2.45) is 0 Å². The molecule has 0 radical (unpaired) electrons. The topological polar surface area (TPSA) is 17.8 Å². The largest absolute Gasteiger partial charge is 0.296 e. The van der Waals surface area contributed by atoms with Crippen LogP contribution in [0.5, 0.6) is 0 Å². The highest BCUT2D eigenvalue weighted by molar-refractivity contribution is 9.15. The zero-order valence-electron chi connectivity index (χ0n) is 8.48. The van der Waals surface area contributed by atoms with E-state index in [1.165, 1.54) is 0 Å². The van der Waals surface area contributed by atoms with E-state index in [1.54, 1.807) is 12.5 Å². The van der Waals surface area contributed by atoms with Crippen molar-refractivity contribution in [1.29, 1.82) is 0 Å². The predicted octanol–water partition coefficient (Wildman–Crippen LogP) is 3.97. The summed E-state index contributed by atoms with van der Waals surface area (Å²) >= 11 is 9.33. The molecule has 2 aromatic rings. The van der Waals surface area contributed by atoms with Crippen LogP contribution < -0.4 is 0 Å². The molecule has 0 atom stereocenters. The van der Waals surface area contributed by atoms with E-state index in [0.29, 0.717) is 5.88 Å². The minimum absolute atomic E-state index is 0.442. The van der Waals surface area contributed by atoms with Crippen LogP contribution in [0.2, 0.25) is 0 Å². The molecule has 82 valence electrons. The molecule has 0 aliphatic carbocycles. The standard InChI is InChI=1S/C12H10BrClN2/c13-12(6-10-4-2-1-3-5-10)16-9-15-8-11(16)7-14/h1-6,8-9H,7H2. The van der Waals surface area contributed by atoms with Crippen molar-refractivity contribution >= 4 is 38.2 Å². The van der Waals surface area contributed by atoms with Crippen LogP contribution in [0, 0.1) is 0 Å². The van der Waals surface area contributed by atoms with E-state index in [9.17, 15) is 0 Å². The summed E-state index contributed by atoms with van der Waals surface area (Å²) < 4.78 is 2.84. The molecule has 1 heterocycles. The lowest BCUT2D eigenvalue weighted by molar-refractivity contribution is 1.05. The van der Waals surface area contributed by atoms with Gasteiger partial charge in [-0.1, -0.05) is 30.3 Å². The lowest BCUT2D eigenvalue weighted by Crippen LogP contribution is -1.93. The number of hydrogen-bond acceptors (Lipinski definition) is 1. The lowest BCUT2D eigenvalue weighted by Gasteiger charge is -2.04. The van der Waals surface area contributed by atoms with Crippen LogP contribution in [0.4, 0.5) is 0 Å².